The SMILES string of the molecule is COCCOC(=O)Nc1ccc2c(c1)NC(=O)CC/C=C/C[C@H](NC(=O)c1c(F)cc(C)cc1F)c1nc-2c(Cl)[nH]1. The summed E-state index contributed by atoms with van der Waals surface area (Å²) in [6, 6.07) is 6.04. The molecular weight excluding hydrogens is 560 g/mol. The molecule has 3 amide bonds. The molecule has 0 aliphatic carbocycles. The van der Waals surface area contributed by atoms with Gasteiger partial charge in [-0.2, -0.15) is 0 Å². The molecule has 1 aliphatic rings. The van der Waals surface area contributed by atoms with E-state index in [2.05, 4.69) is 25.9 Å². The number of rotatable bonds is 6. The van der Waals surface area contributed by atoms with E-state index in [0.29, 0.717) is 28.9 Å². The number of amides is 3. The van der Waals surface area contributed by atoms with Crippen LogP contribution in [0.2, 0.25) is 5.15 Å². The molecular formula is C28H28ClF2N5O5. The monoisotopic (exact) mass is 587 g/mol. The Morgan fingerprint density at radius 3 is 2.63 bits per heavy atom. The number of fused-ring (bicyclic) bond motifs is 4. The van der Waals surface area contributed by atoms with Crippen molar-refractivity contribution in [2.45, 2.75) is 32.2 Å². The predicted molar refractivity (Wildman–Crippen MR) is 149 cm³/mol. The molecule has 0 spiro atoms. The number of H-pyrrole nitrogens is 1. The first kappa shape index (κ1) is 29.7. The number of nitrogens with zero attached hydrogens (tertiary/aromatic N) is 1. The first-order valence-electron chi connectivity index (χ1n) is 12.7. The van der Waals surface area contributed by atoms with Crippen molar-refractivity contribution in [3.05, 3.63) is 76.2 Å². The second-order valence-corrected chi connectivity index (χ2v) is 9.60. The first-order chi connectivity index (χ1) is 19.7. The number of imidazole rings is 1. The molecule has 2 heterocycles. The molecule has 0 radical (unpaired) electrons. The van der Waals surface area contributed by atoms with Gasteiger partial charge >= 0.3 is 6.09 Å². The summed E-state index contributed by atoms with van der Waals surface area (Å²) in [5, 5.41) is 8.14. The van der Waals surface area contributed by atoms with E-state index < -0.39 is 35.2 Å². The maximum atomic E-state index is 14.5. The average Bonchev–Trinajstić information content (AvgIpc) is 3.28. The van der Waals surface area contributed by atoms with Crippen LogP contribution in [0.3, 0.4) is 0 Å². The van der Waals surface area contributed by atoms with Crippen LogP contribution in [0, 0.1) is 18.6 Å². The molecule has 2 aromatic carbocycles. The molecule has 4 rings (SSSR count). The molecule has 41 heavy (non-hydrogen) atoms. The van der Waals surface area contributed by atoms with E-state index in [0.717, 1.165) is 12.1 Å². The molecule has 0 saturated heterocycles. The number of hydrogen-bond acceptors (Lipinski definition) is 6. The first-order valence-corrected chi connectivity index (χ1v) is 13.1. The Morgan fingerprint density at radius 1 is 1.15 bits per heavy atom. The summed E-state index contributed by atoms with van der Waals surface area (Å²) in [4.78, 5) is 45.2. The van der Waals surface area contributed by atoms with E-state index in [1.807, 2.05) is 0 Å². The second kappa shape index (κ2) is 13.4. The fourth-order valence-electron chi connectivity index (χ4n) is 4.18. The zero-order valence-corrected chi connectivity index (χ0v) is 23.0. The molecule has 1 aliphatic heterocycles. The number of allylic oxidation sites excluding steroid dienone is 1. The van der Waals surface area contributed by atoms with Crippen LogP contribution in [0.5, 0.6) is 0 Å². The maximum Gasteiger partial charge on any atom is 0.411 e. The van der Waals surface area contributed by atoms with Crippen LogP contribution in [-0.4, -0.2) is 48.2 Å². The van der Waals surface area contributed by atoms with E-state index in [-0.39, 0.29) is 48.6 Å². The van der Waals surface area contributed by atoms with Gasteiger partial charge in [0, 0.05) is 24.8 Å². The number of aryl methyl sites for hydroxylation is 1. The third kappa shape index (κ3) is 7.47. The van der Waals surface area contributed by atoms with Crippen LogP contribution in [0.1, 0.15) is 47.1 Å². The number of ether oxygens (including phenoxy) is 2. The third-order valence-corrected chi connectivity index (χ3v) is 6.39. The van der Waals surface area contributed by atoms with Gasteiger partial charge in [-0.15, -0.1) is 0 Å². The summed E-state index contributed by atoms with van der Waals surface area (Å²) >= 11 is 6.51. The van der Waals surface area contributed by atoms with Crippen molar-refractivity contribution in [3.63, 3.8) is 0 Å². The fraction of sp³-hybridized carbons (Fsp3) is 0.286. The molecule has 13 heteroatoms. The minimum absolute atomic E-state index is 0.0596. The highest BCUT2D eigenvalue weighted by Gasteiger charge is 2.25. The highest BCUT2D eigenvalue weighted by Crippen LogP contribution is 2.35. The Morgan fingerprint density at radius 2 is 1.90 bits per heavy atom. The third-order valence-electron chi connectivity index (χ3n) is 6.12. The lowest BCUT2D eigenvalue weighted by molar-refractivity contribution is -0.116. The van der Waals surface area contributed by atoms with Crippen molar-refractivity contribution < 1.29 is 32.6 Å². The van der Waals surface area contributed by atoms with Gasteiger partial charge in [0.1, 0.15) is 40.5 Å². The van der Waals surface area contributed by atoms with Gasteiger partial charge in [-0.1, -0.05) is 23.8 Å². The Bertz CT molecular complexity index is 1470. The standard InChI is InChI=1S/C28H28ClF2N5O5/c1-15-12-18(30)23(19(31)13-15)27(38)34-20-6-4-3-5-7-22(37)33-21-14-16(32-28(39)41-11-10-40-2)8-9-17(21)24-25(29)36-26(20)35-24/h3-4,8-9,12-14,20H,5-7,10-11H2,1-2H3,(H,32,39)(H,33,37)(H,34,38)(H,35,36)/b4-3+/t20-/m0/s1. The quantitative estimate of drug-likeness (QED) is 0.217. The minimum atomic E-state index is -0.983. The molecule has 3 aromatic rings. The molecule has 10 nitrogen and oxygen atoms in total. The number of aromatic nitrogens is 2. The van der Waals surface area contributed by atoms with Gasteiger partial charge in [0.25, 0.3) is 5.91 Å². The van der Waals surface area contributed by atoms with Gasteiger partial charge < -0.3 is 25.1 Å². The van der Waals surface area contributed by atoms with E-state index in [1.165, 1.54) is 20.1 Å². The predicted octanol–water partition coefficient (Wildman–Crippen LogP) is 5.66. The highest BCUT2D eigenvalue weighted by molar-refractivity contribution is 6.32. The number of methoxy groups -OCH3 is 1. The van der Waals surface area contributed by atoms with Crippen molar-refractivity contribution in [1.82, 2.24) is 15.3 Å². The Balaban J connectivity index is 1.67. The summed E-state index contributed by atoms with van der Waals surface area (Å²) in [7, 11) is 1.48. The van der Waals surface area contributed by atoms with Crippen molar-refractivity contribution in [2.24, 2.45) is 0 Å². The Kier molecular flexibility index (Phi) is 9.69. The molecule has 0 fully saturated rings. The van der Waals surface area contributed by atoms with Crippen LogP contribution in [-0.2, 0) is 14.3 Å². The molecule has 1 aromatic heterocycles. The summed E-state index contributed by atoms with van der Waals surface area (Å²) in [5.74, 6) is -2.98. The molecule has 0 unspecified atom stereocenters. The van der Waals surface area contributed by atoms with Gasteiger partial charge in [-0.25, -0.2) is 18.6 Å². The smallest absolute Gasteiger partial charge is 0.411 e. The second-order valence-electron chi connectivity index (χ2n) is 9.22. The summed E-state index contributed by atoms with van der Waals surface area (Å²) in [6.07, 6.45) is 3.51. The van der Waals surface area contributed by atoms with E-state index in [1.54, 1.807) is 24.3 Å². The van der Waals surface area contributed by atoms with Crippen molar-refractivity contribution in [1.29, 1.82) is 0 Å². The zero-order chi connectivity index (χ0) is 29.5. The number of hydrogen-bond donors (Lipinski definition) is 4. The van der Waals surface area contributed by atoms with Crippen molar-refractivity contribution in [3.8, 4) is 11.3 Å². The number of nitrogens with one attached hydrogen (secondary N) is 4. The largest absolute Gasteiger partial charge is 0.447 e. The van der Waals surface area contributed by atoms with Crippen LogP contribution in [0.25, 0.3) is 11.3 Å². The van der Waals surface area contributed by atoms with Crippen LogP contribution < -0.4 is 16.0 Å². The zero-order valence-electron chi connectivity index (χ0n) is 22.3. The molecule has 0 saturated carbocycles. The van der Waals surface area contributed by atoms with Crippen molar-refractivity contribution >= 4 is 40.9 Å². The highest BCUT2D eigenvalue weighted by atomic mass is 35.5. The van der Waals surface area contributed by atoms with Crippen LogP contribution in [0.15, 0.2) is 42.5 Å². The van der Waals surface area contributed by atoms with Gasteiger partial charge in [-0.05, 0) is 55.7 Å². The lowest BCUT2D eigenvalue weighted by Crippen LogP contribution is -2.30. The summed E-state index contributed by atoms with van der Waals surface area (Å²) in [5.41, 5.74) is 0.971. The van der Waals surface area contributed by atoms with Gasteiger partial charge in [0.2, 0.25) is 5.91 Å². The molecule has 2 bridgehead atoms. The summed E-state index contributed by atoms with van der Waals surface area (Å²) in [6.45, 7) is 1.81. The maximum absolute atomic E-state index is 14.5. The molecule has 216 valence electrons. The fourth-order valence-corrected chi connectivity index (χ4v) is 4.42. The normalized spacial score (nSPS) is 15.8. The Hall–Kier alpha value is -4.29. The number of carbonyl (C=O) groups is 3. The van der Waals surface area contributed by atoms with Crippen molar-refractivity contribution in [2.75, 3.05) is 31.0 Å². The van der Waals surface area contributed by atoms with Crippen LogP contribution >= 0.6 is 11.6 Å². The van der Waals surface area contributed by atoms with Crippen LogP contribution in [0.4, 0.5) is 25.0 Å². The summed E-state index contributed by atoms with van der Waals surface area (Å²) < 4.78 is 38.9. The number of anilines is 2. The van der Waals surface area contributed by atoms with E-state index >= 15 is 0 Å². The number of benzene rings is 2. The average molecular weight is 588 g/mol. The Labute approximate surface area is 239 Å². The van der Waals surface area contributed by atoms with Gasteiger partial charge in [-0.3, -0.25) is 14.9 Å². The minimum Gasteiger partial charge on any atom is -0.447 e. The number of halogens is 3. The number of carbonyl (C=O) groups excluding carboxylic acids is 3. The number of aromatic amines is 1. The lowest BCUT2D eigenvalue weighted by Gasteiger charge is -2.16. The van der Waals surface area contributed by atoms with E-state index in [9.17, 15) is 23.2 Å². The van der Waals surface area contributed by atoms with E-state index in [4.69, 9.17) is 21.1 Å². The lowest BCUT2D eigenvalue weighted by atomic mass is 10.1. The molecule has 1 atom stereocenters. The topological polar surface area (TPSA) is 134 Å². The molecule has 4 N–H and O–H groups in total. The van der Waals surface area contributed by atoms with Gasteiger partial charge in [0.05, 0.1) is 18.3 Å². The van der Waals surface area contributed by atoms with Gasteiger partial charge in [0.15, 0.2) is 0 Å².